The molecule has 0 spiro atoms. The van der Waals surface area contributed by atoms with E-state index in [2.05, 4.69) is 24.2 Å². The van der Waals surface area contributed by atoms with Gasteiger partial charge in [0.05, 0.1) is 0 Å². The predicted octanol–water partition coefficient (Wildman–Crippen LogP) is 2.00. The van der Waals surface area contributed by atoms with Crippen LogP contribution in [0, 0.1) is 0 Å². The molecule has 0 radical (unpaired) electrons. The lowest BCUT2D eigenvalue weighted by molar-refractivity contribution is 0.174. The second kappa shape index (κ2) is 4.19. The molecule has 14 heavy (non-hydrogen) atoms. The van der Waals surface area contributed by atoms with Crippen molar-refractivity contribution in [2.24, 2.45) is 0 Å². The van der Waals surface area contributed by atoms with Gasteiger partial charge in [-0.05, 0) is 59.2 Å². The van der Waals surface area contributed by atoms with E-state index >= 15 is 0 Å². The predicted molar refractivity (Wildman–Crippen MR) is 60.5 cm³/mol. The molecule has 0 aromatic heterocycles. The van der Waals surface area contributed by atoms with Crippen molar-refractivity contribution in [3.8, 4) is 0 Å². The van der Waals surface area contributed by atoms with Crippen LogP contribution in [-0.2, 0) is 0 Å². The molecule has 2 fully saturated rings. The van der Waals surface area contributed by atoms with Crippen molar-refractivity contribution in [3.05, 3.63) is 0 Å². The molecule has 0 amide bonds. The third-order valence-corrected chi connectivity index (χ3v) is 3.95. The zero-order valence-electron chi connectivity index (χ0n) is 9.68. The molecule has 2 nitrogen and oxygen atoms in total. The van der Waals surface area contributed by atoms with Crippen molar-refractivity contribution in [3.63, 3.8) is 0 Å². The monoisotopic (exact) mass is 196 g/mol. The standard InChI is InChI=1S/C12H24N2/c1-12(7-8-12)13-9-6-11-5-3-4-10-14(11)2/h11,13H,3-10H2,1-2H3. The number of nitrogens with one attached hydrogen (secondary N) is 1. The Morgan fingerprint density at radius 1 is 1.36 bits per heavy atom. The van der Waals surface area contributed by atoms with E-state index in [0.29, 0.717) is 5.54 Å². The summed E-state index contributed by atoms with van der Waals surface area (Å²) in [7, 11) is 2.28. The first-order chi connectivity index (χ1) is 6.70. The molecule has 0 aromatic rings. The average Bonchev–Trinajstić information content (AvgIpc) is 2.88. The smallest absolute Gasteiger partial charge is 0.0154 e. The fourth-order valence-electron chi connectivity index (χ4n) is 2.41. The largest absolute Gasteiger partial charge is 0.311 e. The van der Waals surface area contributed by atoms with Crippen LogP contribution in [0.1, 0.15) is 45.4 Å². The fourth-order valence-corrected chi connectivity index (χ4v) is 2.41. The summed E-state index contributed by atoms with van der Waals surface area (Å²) in [6.45, 7) is 4.87. The Labute approximate surface area is 88.1 Å². The highest BCUT2D eigenvalue weighted by atomic mass is 15.1. The summed E-state index contributed by atoms with van der Waals surface area (Å²) < 4.78 is 0. The first kappa shape index (κ1) is 10.4. The Morgan fingerprint density at radius 2 is 2.14 bits per heavy atom. The molecule has 1 aliphatic carbocycles. The average molecular weight is 196 g/mol. The van der Waals surface area contributed by atoms with Crippen molar-refractivity contribution >= 4 is 0 Å². The van der Waals surface area contributed by atoms with E-state index in [1.54, 1.807) is 0 Å². The van der Waals surface area contributed by atoms with E-state index in [-0.39, 0.29) is 0 Å². The summed E-state index contributed by atoms with van der Waals surface area (Å²) in [6.07, 6.45) is 8.35. The molecule has 1 atom stereocenters. The fraction of sp³-hybridized carbons (Fsp3) is 1.00. The third-order valence-electron chi connectivity index (χ3n) is 3.95. The van der Waals surface area contributed by atoms with E-state index in [9.17, 15) is 0 Å². The lowest BCUT2D eigenvalue weighted by Crippen LogP contribution is -2.39. The van der Waals surface area contributed by atoms with Crippen molar-refractivity contribution in [2.75, 3.05) is 20.1 Å². The van der Waals surface area contributed by atoms with E-state index in [1.807, 2.05) is 0 Å². The lowest BCUT2D eigenvalue weighted by Gasteiger charge is -2.32. The molecule has 1 saturated carbocycles. The van der Waals surface area contributed by atoms with Gasteiger partial charge in [0.15, 0.2) is 0 Å². The quantitative estimate of drug-likeness (QED) is 0.740. The first-order valence-corrected chi connectivity index (χ1v) is 6.15. The number of hydrogen-bond donors (Lipinski definition) is 1. The number of likely N-dealkylation sites (tertiary alicyclic amines) is 1. The van der Waals surface area contributed by atoms with Gasteiger partial charge < -0.3 is 10.2 Å². The van der Waals surface area contributed by atoms with E-state index in [0.717, 1.165) is 6.04 Å². The minimum Gasteiger partial charge on any atom is -0.311 e. The summed E-state index contributed by atoms with van der Waals surface area (Å²) in [5.74, 6) is 0. The number of hydrogen-bond acceptors (Lipinski definition) is 2. The van der Waals surface area contributed by atoms with Gasteiger partial charge in [0.25, 0.3) is 0 Å². The topological polar surface area (TPSA) is 15.3 Å². The van der Waals surface area contributed by atoms with Gasteiger partial charge in [0, 0.05) is 11.6 Å². The minimum absolute atomic E-state index is 0.521. The van der Waals surface area contributed by atoms with Crippen LogP contribution >= 0.6 is 0 Å². The Balaban J connectivity index is 1.63. The van der Waals surface area contributed by atoms with Crippen LogP contribution in [0.4, 0.5) is 0 Å². The van der Waals surface area contributed by atoms with Gasteiger partial charge in [0.2, 0.25) is 0 Å². The van der Waals surface area contributed by atoms with Gasteiger partial charge in [-0.15, -0.1) is 0 Å². The van der Waals surface area contributed by atoms with E-state index < -0.39 is 0 Å². The highest BCUT2D eigenvalue weighted by Crippen LogP contribution is 2.34. The molecular formula is C12H24N2. The van der Waals surface area contributed by atoms with Gasteiger partial charge in [-0.2, -0.15) is 0 Å². The van der Waals surface area contributed by atoms with Crippen LogP contribution in [0.3, 0.4) is 0 Å². The van der Waals surface area contributed by atoms with E-state index in [1.165, 1.54) is 51.6 Å². The highest BCUT2D eigenvalue weighted by molar-refractivity contribution is 4.97. The molecule has 1 aliphatic heterocycles. The van der Waals surface area contributed by atoms with Crippen LogP contribution in [0.25, 0.3) is 0 Å². The van der Waals surface area contributed by atoms with Crippen LogP contribution in [-0.4, -0.2) is 36.6 Å². The summed E-state index contributed by atoms with van der Waals surface area (Å²) in [5.41, 5.74) is 0.521. The Bertz CT molecular complexity index is 187. The molecule has 0 aromatic carbocycles. The first-order valence-electron chi connectivity index (χ1n) is 6.15. The zero-order chi connectivity index (χ0) is 10.0. The maximum atomic E-state index is 3.67. The Morgan fingerprint density at radius 3 is 2.79 bits per heavy atom. The normalized spacial score (nSPS) is 31.7. The van der Waals surface area contributed by atoms with Crippen LogP contribution in [0.15, 0.2) is 0 Å². The van der Waals surface area contributed by atoms with Gasteiger partial charge >= 0.3 is 0 Å². The molecule has 2 rings (SSSR count). The van der Waals surface area contributed by atoms with Gasteiger partial charge in [-0.25, -0.2) is 0 Å². The van der Waals surface area contributed by atoms with Crippen molar-refractivity contribution in [1.29, 1.82) is 0 Å². The van der Waals surface area contributed by atoms with Gasteiger partial charge in [0.1, 0.15) is 0 Å². The number of nitrogens with zero attached hydrogens (tertiary/aromatic N) is 1. The molecular weight excluding hydrogens is 172 g/mol. The molecule has 1 heterocycles. The summed E-state index contributed by atoms with van der Waals surface area (Å²) >= 11 is 0. The molecule has 82 valence electrons. The Hall–Kier alpha value is -0.0800. The van der Waals surface area contributed by atoms with Crippen molar-refractivity contribution < 1.29 is 0 Å². The third kappa shape index (κ3) is 2.71. The summed E-state index contributed by atoms with van der Waals surface area (Å²) in [4.78, 5) is 2.54. The van der Waals surface area contributed by atoms with Crippen molar-refractivity contribution in [2.45, 2.75) is 57.0 Å². The van der Waals surface area contributed by atoms with Gasteiger partial charge in [-0.3, -0.25) is 0 Å². The molecule has 1 saturated heterocycles. The van der Waals surface area contributed by atoms with E-state index in [4.69, 9.17) is 0 Å². The zero-order valence-corrected chi connectivity index (χ0v) is 9.68. The Kier molecular flexibility index (Phi) is 3.13. The maximum absolute atomic E-state index is 3.67. The molecule has 0 bridgehead atoms. The van der Waals surface area contributed by atoms with Crippen molar-refractivity contribution in [1.82, 2.24) is 10.2 Å². The molecule has 1 N–H and O–H groups in total. The number of piperidine rings is 1. The van der Waals surface area contributed by atoms with Crippen LogP contribution < -0.4 is 5.32 Å². The SMILES string of the molecule is CN1CCCCC1CCNC1(C)CC1. The molecule has 2 heteroatoms. The minimum atomic E-state index is 0.521. The second-order valence-electron chi connectivity index (χ2n) is 5.41. The van der Waals surface area contributed by atoms with Gasteiger partial charge in [-0.1, -0.05) is 6.42 Å². The number of rotatable bonds is 4. The highest BCUT2D eigenvalue weighted by Gasteiger charge is 2.36. The maximum Gasteiger partial charge on any atom is 0.0154 e. The lowest BCUT2D eigenvalue weighted by atomic mass is 10.00. The van der Waals surface area contributed by atoms with Crippen LogP contribution in [0.2, 0.25) is 0 Å². The molecule has 2 aliphatic rings. The molecule has 1 unspecified atom stereocenters. The summed E-state index contributed by atoms with van der Waals surface area (Å²) in [5, 5.41) is 3.67. The summed E-state index contributed by atoms with van der Waals surface area (Å²) in [6, 6.07) is 0.846. The second-order valence-corrected chi connectivity index (χ2v) is 5.41. The van der Waals surface area contributed by atoms with Crippen LogP contribution in [0.5, 0.6) is 0 Å².